The van der Waals surface area contributed by atoms with Crippen molar-refractivity contribution in [3.8, 4) is 0 Å². The van der Waals surface area contributed by atoms with Crippen molar-refractivity contribution >= 4 is 29.2 Å². The number of morpholine rings is 1. The predicted octanol–water partition coefficient (Wildman–Crippen LogP) is 3.26. The van der Waals surface area contributed by atoms with Crippen LogP contribution >= 0.6 is 11.8 Å². The summed E-state index contributed by atoms with van der Waals surface area (Å²) in [4.78, 5) is 18.8. The Kier molecular flexibility index (Phi) is 5.52. The molecule has 4 N–H and O–H groups in total. The highest BCUT2D eigenvalue weighted by Gasteiger charge is 2.51. The molecule has 7 rings (SSSR count). The van der Waals surface area contributed by atoms with E-state index in [1.807, 2.05) is 6.07 Å². The maximum Gasteiger partial charge on any atom is 0.319 e. The quantitative estimate of drug-likeness (QED) is 0.630. The topological polar surface area (TPSA) is 82.9 Å². The van der Waals surface area contributed by atoms with E-state index in [-0.39, 0.29) is 17.1 Å². The molecule has 0 radical (unpaired) electrons. The lowest BCUT2D eigenvalue weighted by Gasteiger charge is -2.56. The number of fused-ring (bicyclic) bond motifs is 1. The van der Waals surface area contributed by atoms with Crippen LogP contribution in [0, 0.1) is 17.8 Å². The second kappa shape index (κ2) is 8.38. The molecule has 0 aromatic heterocycles. The van der Waals surface area contributed by atoms with E-state index in [0.29, 0.717) is 0 Å². The minimum absolute atomic E-state index is 0.0307. The molecule has 2 heterocycles. The van der Waals surface area contributed by atoms with Gasteiger partial charge in [0.25, 0.3) is 0 Å². The van der Waals surface area contributed by atoms with Crippen molar-refractivity contribution in [3.63, 3.8) is 0 Å². The van der Waals surface area contributed by atoms with E-state index in [0.717, 1.165) is 67.7 Å². The minimum atomic E-state index is -0.0813. The van der Waals surface area contributed by atoms with Crippen LogP contribution in [0.2, 0.25) is 0 Å². The summed E-state index contributed by atoms with van der Waals surface area (Å²) in [6, 6.07) is 6.14. The van der Waals surface area contributed by atoms with Gasteiger partial charge in [-0.15, -0.1) is 0 Å². The number of ether oxygens (including phenoxy) is 1. The molecule has 1 aromatic rings. The van der Waals surface area contributed by atoms with Gasteiger partial charge in [0.15, 0.2) is 0 Å². The van der Waals surface area contributed by atoms with Gasteiger partial charge in [-0.3, -0.25) is 4.90 Å². The normalized spacial score (nSPS) is 35.7. The standard InChI is InChI=1S/C24H35N5O2S/c25-22-29(4-3-28-5-7-31-8-6-28)20-2-1-19(12-21(20)32-22)26-23(30)27-24-13-16-9-17(14-24)11-18(10-16)15-24/h1-2,12,16-18,22H,3-11,13-15,25H2,(H2,26,27,30). The number of thioether (sulfide) groups is 1. The first-order valence-electron chi connectivity index (χ1n) is 12.3. The fourth-order valence-electron chi connectivity index (χ4n) is 7.24. The maximum atomic E-state index is 12.9. The van der Waals surface area contributed by atoms with Gasteiger partial charge in [0.1, 0.15) is 5.50 Å². The number of hydrogen-bond donors (Lipinski definition) is 3. The zero-order chi connectivity index (χ0) is 21.7. The molecular formula is C24H35N5O2S. The molecule has 5 fully saturated rings. The smallest absolute Gasteiger partial charge is 0.319 e. The molecular weight excluding hydrogens is 422 g/mol. The number of nitrogens with zero attached hydrogens (tertiary/aromatic N) is 2. The van der Waals surface area contributed by atoms with Gasteiger partial charge in [-0.2, -0.15) is 0 Å². The predicted molar refractivity (Wildman–Crippen MR) is 128 cm³/mol. The summed E-state index contributed by atoms with van der Waals surface area (Å²) in [6.45, 7) is 5.51. The van der Waals surface area contributed by atoms with Crippen molar-refractivity contribution in [2.24, 2.45) is 23.5 Å². The summed E-state index contributed by atoms with van der Waals surface area (Å²) in [5.41, 5.74) is 8.40. The Morgan fingerprint density at radius 3 is 2.47 bits per heavy atom. The van der Waals surface area contributed by atoms with Crippen LogP contribution < -0.4 is 21.3 Å². The van der Waals surface area contributed by atoms with Gasteiger partial charge in [-0.1, -0.05) is 11.8 Å². The largest absolute Gasteiger partial charge is 0.379 e. The second-order valence-corrected chi connectivity index (χ2v) is 11.8. The number of benzene rings is 1. The third kappa shape index (κ3) is 4.11. The van der Waals surface area contributed by atoms with Crippen molar-refractivity contribution < 1.29 is 9.53 Å². The van der Waals surface area contributed by atoms with Crippen molar-refractivity contribution in [2.75, 3.05) is 49.6 Å². The molecule has 0 spiro atoms. The first-order valence-corrected chi connectivity index (χ1v) is 13.2. The van der Waals surface area contributed by atoms with E-state index >= 15 is 0 Å². The molecule has 1 atom stereocenters. The fourth-order valence-corrected chi connectivity index (χ4v) is 8.35. The van der Waals surface area contributed by atoms with Gasteiger partial charge < -0.3 is 26.0 Å². The van der Waals surface area contributed by atoms with Crippen molar-refractivity contribution in [3.05, 3.63) is 18.2 Å². The number of amides is 2. The molecule has 4 bridgehead atoms. The zero-order valence-corrected chi connectivity index (χ0v) is 19.5. The molecule has 8 heteroatoms. The highest BCUT2D eigenvalue weighted by Crippen LogP contribution is 2.55. The Balaban J connectivity index is 1.08. The van der Waals surface area contributed by atoms with Crippen LogP contribution in [-0.2, 0) is 4.74 Å². The monoisotopic (exact) mass is 457 g/mol. The van der Waals surface area contributed by atoms with Gasteiger partial charge in [0.05, 0.1) is 18.9 Å². The molecule has 1 aromatic carbocycles. The summed E-state index contributed by atoms with van der Waals surface area (Å²) in [5, 5.41) is 6.52. The first-order chi connectivity index (χ1) is 15.6. The second-order valence-electron chi connectivity index (χ2n) is 10.6. The summed E-state index contributed by atoms with van der Waals surface area (Å²) in [6.07, 6.45) is 7.64. The Morgan fingerprint density at radius 2 is 1.78 bits per heavy atom. The molecule has 6 aliphatic rings. The number of anilines is 2. The van der Waals surface area contributed by atoms with Crippen LogP contribution in [-0.4, -0.2) is 61.4 Å². The average Bonchev–Trinajstić information content (AvgIpc) is 3.05. The Labute approximate surface area is 194 Å². The zero-order valence-electron chi connectivity index (χ0n) is 18.7. The van der Waals surface area contributed by atoms with Gasteiger partial charge >= 0.3 is 6.03 Å². The van der Waals surface area contributed by atoms with Crippen LogP contribution in [0.15, 0.2) is 23.1 Å². The number of carbonyl (C=O) groups is 1. The van der Waals surface area contributed by atoms with E-state index < -0.39 is 0 Å². The van der Waals surface area contributed by atoms with Crippen molar-refractivity contribution in [1.29, 1.82) is 0 Å². The van der Waals surface area contributed by atoms with Crippen LogP contribution in [0.3, 0.4) is 0 Å². The summed E-state index contributed by atoms with van der Waals surface area (Å²) in [5.74, 6) is 2.47. The Hall–Kier alpha value is -1.48. The lowest BCUT2D eigenvalue weighted by atomic mass is 9.53. The van der Waals surface area contributed by atoms with Crippen LogP contribution in [0.4, 0.5) is 16.2 Å². The maximum absolute atomic E-state index is 12.9. The van der Waals surface area contributed by atoms with Gasteiger partial charge in [-0.05, 0) is 74.5 Å². The van der Waals surface area contributed by atoms with Gasteiger partial charge in [0.2, 0.25) is 0 Å². The van der Waals surface area contributed by atoms with E-state index in [1.165, 1.54) is 44.2 Å². The molecule has 32 heavy (non-hydrogen) atoms. The highest BCUT2D eigenvalue weighted by atomic mass is 32.2. The molecule has 1 unspecified atom stereocenters. The number of carbonyl (C=O) groups excluding carboxylic acids is 1. The van der Waals surface area contributed by atoms with E-state index in [9.17, 15) is 4.79 Å². The fraction of sp³-hybridized carbons (Fsp3) is 0.708. The molecule has 2 amide bonds. The Bertz CT molecular complexity index is 839. The van der Waals surface area contributed by atoms with Crippen LogP contribution in [0.5, 0.6) is 0 Å². The molecule has 174 valence electrons. The van der Waals surface area contributed by atoms with E-state index in [2.05, 4.69) is 32.6 Å². The molecule has 4 saturated carbocycles. The number of nitrogens with one attached hydrogen (secondary N) is 2. The molecule has 2 aliphatic heterocycles. The van der Waals surface area contributed by atoms with Crippen molar-refractivity contribution in [2.45, 2.75) is 54.5 Å². The first kappa shape index (κ1) is 21.1. The van der Waals surface area contributed by atoms with Gasteiger partial charge in [0, 0.05) is 42.3 Å². The number of urea groups is 1. The summed E-state index contributed by atoms with van der Waals surface area (Å²) in [7, 11) is 0. The average molecular weight is 458 g/mol. The molecule has 7 nitrogen and oxygen atoms in total. The summed E-state index contributed by atoms with van der Waals surface area (Å²) >= 11 is 1.67. The minimum Gasteiger partial charge on any atom is -0.379 e. The summed E-state index contributed by atoms with van der Waals surface area (Å²) < 4.78 is 5.45. The molecule has 1 saturated heterocycles. The molecule has 4 aliphatic carbocycles. The third-order valence-electron chi connectivity index (χ3n) is 8.26. The van der Waals surface area contributed by atoms with Crippen molar-refractivity contribution in [1.82, 2.24) is 10.2 Å². The lowest BCUT2D eigenvalue weighted by molar-refractivity contribution is -0.0127. The van der Waals surface area contributed by atoms with Crippen LogP contribution in [0.1, 0.15) is 38.5 Å². The number of rotatable bonds is 5. The third-order valence-corrected chi connectivity index (χ3v) is 9.34. The van der Waals surface area contributed by atoms with Crippen LogP contribution in [0.25, 0.3) is 0 Å². The van der Waals surface area contributed by atoms with Gasteiger partial charge in [-0.25, -0.2) is 4.79 Å². The lowest BCUT2D eigenvalue weighted by Crippen LogP contribution is -2.60. The number of hydrogen-bond acceptors (Lipinski definition) is 6. The Morgan fingerprint density at radius 1 is 1.09 bits per heavy atom. The van der Waals surface area contributed by atoms with E-state index in [4.69, 9.17) is 10.5 Å². The number of nitrogens with two attached hydrogens (primary N) is 1. The van der Waals surface area contributed by atoms with E-state index in [1.54, 1.807) is 11.8 Å². The highest BCUT2D eigenvalue weighted by molar-refractivity contribution is 8.00. The SMILES string of the molecule is NC1Sc2cc(NC(=O)NC34CC5CC(CC(C5)C3)C4)ccc2N1CCN1CCOCC1.